The molecule has 1 aliphatic heterocycles. The van der Waals surface area contributed by atoms with Gasteiger partial charge in [0, 0.05) is 11.8 Å². The SMILES string of the molecule is O=C1CC=[C]SN1. The first kappa shape index (κ1) is 4.71. The van der Waals surface area contributed by atoms with Crippen LogP contribution in [0.15, 0.2) is 6.08 Å². The lowest BCUT2D eigenvalue weighted by molar-refractivity contribution is -0.118. The molecular formula is C4H4NOS. The van der Waals surface area contributed by atoms with Gasteiger partial charge in [0.05, 0.1) is 0 Å². The van der Waals surface area contributed by atoms with E-state index >= 15 is 0 Å². The highest BCUT2D eigenvalue weighted by Crippen LogP contribution is 2.01. The topological polar surface area (TPSA) is 29.1 Å². The summed E-state index contributed by atoms with van der Waals surface area (Å²) >= 11 is 1.20. The van der Waals surface area contributed by atoms with Crippen LogP contribution in [-0.2, 0) is 4.79 Å². The monoisotopic (exact) mass is 114 g/mol. The van der Waals surface area contributed by atoms with E-state index in [-0.39, 0.29) is 5.91 Å². The van der Waals surface area contributed by atoms with E-state index in [4.69, 9.17) is 0 Å². The second kappa shape index (κ2) is 2.02. The molecule has 0 aromatic rings. The second-order valence-electron chi connectivity index (χ2n) is 1.15. The van der Waals surface area contributed by atoms with E-state index in [1.54, 1.807) is 6.08 Å². The minimum Gasteiger partial charge on any atom is -0.296 e. The highest BCUT2D eigenvalue weighted by atomic mass is 32.2. The number of rotatable bonds is 0. The second-order valence-corrected chi connectivity index (χ2v) is 1.80. The summed E-state index contributed by atoms with van der Waals surface area (Å²) in [5, 5.41) is 2.77. The fraction of sp³-hybridized carbons (Fsp3) is 0.250. The standard InChI is InChI=1S/C4H4NOS/c6-4-2-1-3-7-5-4/h1H,2H2,(H,5,6). The Hall–Kier alpha value is -0.440. The van der Waals surface area contributed by atoms with Crippen LogP contribution in [-0.4, -0.2) is 5.91 Å². The fourth-order valence-electron chi connectivity index (χ4n) is 0.304. The summed E-state index contributed by atoms with van der Waals surface area (Å²) in [5.41, 5.74) is 0. The van der Waals surface area contributed by atoms with E-state index in [0.29, 0.717) is 6.42 Å². The van der Waals surface area contributed by atoms with Crippen LogP contribution in [0, 0.1) is 5.41 Å². The Kier molecular flexibility index (Phi) is 1.36. The van der Waals surface area contributed by atoms with Gasteiger partial charge in [0.25, 0.3) is 0 Å². The van der Waals surface area contributed by atoms with Gasteiger partial charge in [-0.3, -0.25) is 9.52 Å². The van der Waals surface area contributed by atoms with Crippen LogP contribution in [0.25, 0.3) is 0 Å². The molecule has 3 heteroatoms. The quantitative estimate of drug-likeness (QED) is 0.464. The van der Waals surface area contributed by atoms with Crippen molar-refractivity contribution in [3.63, 3.8) is 0 Å². The summed E-state index contributed by atoms with van der Waals surface area (Å²) < 4.78 is 2.52. The summed E-state index contributed by atoms with van der Waals surface area (Å²) in [7, 11) is 0. The summed E-state index contributed by atoms with van der Waals surface area (Å²) in [4.78, 5) is 10.3. The molecule has 0 aliphatic carbocycles. The van der Waals surface area contributed by atoms with Crippen molar-refractivity contribution in [3.8, 4) is 0 Å². The smallest absolute Gasteiger partial charge is 0.233 e. The van der Waals surface area contributed by atoms with Crippen molar-refractivity contribution in [2.45, 2.75) is 6.42 Å². The van der Waals surface area contributed by atoms with Gasteiger partial charge in [-0.15, -0.1) is 0 Å². The van der Waals surface area contributed by atoms with Crippen LogP contribution in [0.3, 0.4) is 0 Å². The van der Waals surface area contributed by atoms with Gasteiger partial charge in [0.1, 0.15) is 0 Å². The molecule has 0 bridgehead atoms. The molecule has 0 aromatic carbocycles. The molecule has 1 N–H and O–H groups in total. The maximum atomic E-state index is 10.3. The van der Waals surface area contributed by atoms with E-state index < -0.39 is 0 Å². The van der Waals surface area contributed by atoms with Gasteiger partial charge in [-0.05, 0) is 11.9 Å². The molecule has 0 atom stereocenters. The first-order chi connectivity index (χ1) is 3.39. The first-order valence-corrected chi connectivity index (χ1v) is 2.73. The molecule has 0 aromatic heterocycles. The van der Waals surface area contributed by atoms with Crippen LogP contribution in [0.4, 0.5) is 0 Å². The highest BCUT2D eigenvalue weighted by Gasteiger charge is 1.99. The molecule has 0 spiro atoms. The van der Waals surface area contributed by atoms with Crippen LogP contribution < -0.4 is 4.72 Å². The van der Waals surface area contributed by atoms with Crippen molar-refractivity contribution in [1.82, 2.24) is 4.72 Å². The first-order valence-electron chi connectivity index (χ1n) is 1.91. The minimum absolute atomic E-state index is 0.0590. The molecule has 0 fully saturated rings. The average Bonchev–Trinajstić information content (AvgIpc) is 1.69. The molecular weight excluding hydrogens is 110 g/mol. The molecule has 1 amide bonds. The maximum absolute atomic E-state index is 10.3. The van der Waals surface area contributed by atoms with Crippen LogP contribution in [0.1, 0.15) is 6.42 Å². The van der Waals surface area contributed by atoms with Gasteiger partial charge in [-0.2, -0.15) is 0 Å². The van der Waals surface area contributed by atoms with Gasteiger partial charge < -0.3 is 0 Å². The zero-order valence-electron chi connectivity index (χ0n) is 3.60. The van der Waals surface area contributed by atoms with Crippen molar-refractivity contribution in [3.05, 3.63) is 11.5 Å². The third-order valence-electron chi connectivity index (χ3n) is 0.595. The van der Waals surface area contributed by atoms with Gasteiger partial charge >= 0.3 is 0 Å². The van der Waals surface area contributed by atoms with E-state index in [0.717, 1.165) is 0 Å². The number of nitrogens with one attached hydrogen (secondary N) is 1. The van der Waals surface area contributed by atoms with Crippen molar-refractivity contribution >= 4 is 17.9 Å². The summed E-state index contributed by atoms with van der Waals surface area (Å²) in [6.45, 7) is 0. The lowest BCUT2D eigenvalue weighted by atomic mass is 10.4. The molecule has 1 rings (SSSR count). The molecule has 0 saturated heterocycles. The van der Waals surface area contributed by atoms with E-state index in [1.807, 2.05) is 0 Å². The normalized spacial score (nSPS) is 19.1. The van der Waals surface area contributed by atoms with E-state index in [9.17, 15) is 4.79 Å². The molecule has 1 aliphatic rings. The minimum atomic E-state index is 0.0590. The lowest BCUT2D eigenvalue weighted by Crippen LogP contribution is -2.15. The molecule has 1 heterocycles. The molecule has 37 valence electrons. The molecule has 0 saturated carbocycles. The van der Waals surface area contributed by atoms with Crippen LogP contribution in [0.5, 0.6) is 0 Å². The van der Waals surface area contributed by atoms with Crippen molar-refractivity contribution in [1.29, 1.82) is 0 Å². The summed E-state index contributed by atoms with van der Waals surface area (Å²) in [5.74, 6) is 0.0590. The lowest BCUT2D eigenvalue weighted by Gasteiger charge is -1.99. The average molecular weight is 114 g/mol. The number of hydrogen-bond donors (Lipinski definition) is 1. The fourth-order valence-corrected chi connectivity index (χ4v) is 0.727. The number of hydrogen-bond acceptors (Lipinski definition) is 2. The van der Waals surface area contributed by atoms with Crippen molar-refractivity contribution < 1.29 is 4.79 Å². The van der Waals surface area contributed by atoms with Gasteiger partial charge in [-0.25, -0.2) is 0 Å². The highest BCUT2D eigenvalue weighted by molar-refractivity contribution is 7.99. The molecule has 7 heavy (non-hydrogen) atoms. The summed E-state index contributed by atoms with van der Waals surface area (Å²) in [6.07, 6.45) is 2.19. The van der Waals surface area contributed by atoms with E-state index in [1.165, 1.54) is 11.9 Å². The zero-order chi connectivity index (χ0) is 5.11. The van der Waals surface area contributed by atoms with Crippen molar-refractivity contribution in [2.24, 2.45) is 0 Å². The predicted molar refractivity (Wildman–Crippen MR) is 28.2 cm³/mol. The van der Waals surface area contributed by atoms with Crippen molar-refractivity contribution in [2.75, 3.05) is 0 Å². The molecule has 0 unspecified atom stereocenters. The summed E-state index contributed by atoms with van der Waals surface area (Å²) in [6, 6.07) is 0. The largest absolute Gasteiger partial charge is 0.296 e. The van der Waals surface area contributed by atoms with Crippen LogP contribution in [0.2, 0.25) is 0 Å². The van der Waals surface area contributed by atoms with Crippen LogP contribution >= 0.6 is 11.9 Å². The third kappa shape index (κ3) is 1.23. The van der Waals surface area contributed by atoms with Gasteiger partial charge in [0.2, 0.25) is 5.91 Å². The van der Waals surface area contributed by atoms with Gasteiger partial charge in [0.15, 0.2) is 0 Å². The van der Waals surface area contributed by atoms with E-state index in [2.05, 4.69) is 10.1 Å². The Morgan fingerprint density at radius 1 is 2.00 bits per heavy atom. The predicted octanol–water partition coefficient (Wildman–Crippen LogP) is 0.471. The zero-order valence-corrected chi connectivity index (χ0v) is 4.42. The Balaban J connectivity index is 2.47. The van der Waals surface area contributed by atoms with Gasteiger partial charge in [-0.1, -0.05) is 6.08 Å². The Morgan fingerprint density at radius 3 is 3.14 bits per heavy atom. The number of carbonyl (C=O) groups is 1. The number of carbonyl (C=O) groups excluding carboxylic acids is 1. The maximum Gasteiger partial charge on any atom is 0.233 e. The Labute approximate surface area is 46.1 Å². The third-order valence-corrected chi connectivity index (χ3v) is 1.21. The molecule has 2 nitrogen and oxygen atoms in total. The Bertz CT molecular complexity index is 110. The molecule has 1 radical (unpaired) electrons. The Morgan fingerprint density at radius 2 is 2.86 bits per heavy atom. The number of amides is 1.